The second-order valence-corrected chi connectivity index (χ2v) is 2.56. The summed E-state index contributed by atoms with van der Waals surface area (Å²) in [5.41, 5.74) is 2.51. The molecule has 1 nitrogen and oxygen atoms in total. The fourth-order valence-electron chi connectivity index (χ4n) is 1.05. The average molecular weight is 135 g/mol. The molecule has 0 spiro atoms. The van der Waals surface area contributed by atoms with E-state index < -0.39 is 0 Å². The number of aryl methyl sites for hydroxylation is 2. The van der Waals surface area contributed by atoms with Gasteiger partial charge in [-0.25, -0.2) is 0 Å². The summed E-state index contributed by atoms with van der Waals surface area (Å²) in [6.45, 7) is 4.22. The van der Waals surface area contributed by atoms with Crippen LogP contribution >= 0.6 is 0 Å². The number of pyridine rings is 1. The molecule has 0 aliphatic heterocycles. The zero-order valence-corrected chi connectivity index (χ0v) is 6.59. The fraction of sp³-hybridized carbons (Fsp3) is 0.444. The van der Waals surface area contributed by atoms with Gasteiger partial charge in [0.05, 0.1) is 0 Å². The van der Waals surface area contributed by atoms with Crippen molar-refractivity contribution in [2.45, 2.75) is 26.7 Å². The van der Waals surface area contributed by atoms with E-state index in [2.05, 4.69) is 24.0 Å². The maximum absolute atomic E-state index is 4.12. The smallest absolute Gasteiger partial charge is 0.0375 e. The lowest BCUT2D eigenvalue weighted by Crippen LogP contribution is -1.85. The first kappa shape index (κ1) is 7.26. The number of hydrogen-bond acceptors (Lipinski definition) is 1. The normalized spacial score (nSPS) is 9.80. The first-order valence-electron chi connectivity index (χ1n) is 3.74. The number of aromatic nitrogens is 1. The lowest BCUT2D eigenvalue weighted by Gasteiger charge is -1.97. The van der Waals surface area contributed by atoms with Crippen molar-refractivity contribution in [3.05, 3.63) is 29.6 Å². The summed E-state index contributed by atoms with van der Waals surface area (Å²) in [5.74, 6) is 0. The van der Waals surface area contributed by atoms with Crippen LogP contribution in [0, 0.1) is 6.92 Å². The molecular weight excluding hydrogens is 122 g/mol. The molecule has 0 atom stereocenters. The van der Waals surface area contributed by atoms with E-state index >= 15 is 0 Å². The Balaban J connectivity index is 2.75. The predicted octanol–water partition coefficient (Wildman–Crippen LogP) is 2.34. The van der Waals surface area contributed by atoms with Crippen LogP contribution in [0.3, 0.4) is 0 Å². The maximum atomic E-state index is 4.12. The maximum Gasteiger partial charge on any atom is 0.0375 e. The number of nitrogens with zero attached hydrogens (tertiary/aromatic N) is 1. The summed E-state index contributed by atoms with van der Waals surface area (Å²) in [7, 11) is 0. The molecule has 0 unspecified atom stereocenters. The van der Waals surface area contributed by atoms with Crippen LogP contribution in [-0.2, 0) is 6.42 Å². The Morgan fingerprint density at radius 1 is 1.50 bits per heavy atom. The zero-order valence-electron chi connectivity index (χ0n) is 6.59. The summed E-state index contributed by atoms with van der Waals surface area (Å²) < 4.78 is 0. The Morgan fingerprint density at radius 2 is 2.30 bits per heavy atom. The Labute approximate surface area is 62.1 Å². The van der Waals surface area contributed by atoms with Crippen LogP contribution in [0.1, 0.15) is 24.6 Å². The highest BCUT2D eigenvalue weighted by molar-refractivity contribution is 5.15. The molecule has 54 valence electrons. The minimum Gasteiger partial charge on any atom is -0.262 e. The summed E-state index contributed by atoms with van der Waals surface area (Å²) in [5, 5.41) is 0. The van der Waals surface area contributed by atoms with Crippen LogP contribution in [0.25, 0.3) is 0 Å². The van der Waals surface area contributed by atoms with Crippen LogP contribution in [0.5, 0.6) is 0 Å². The molecule has 1 rings (SSSR count). The summed E-state index contributed by atoms with van der Waals surface area (Å²) in [4.78, 5) is 4.12. The largest absolute Gasteiger partial charge is 0.262 e. The van der Waals surface area contributed by atoms with Crippen molar-refractivity contribution in [2.75, 3.05) is 0 Å². The quantitative estimate of drug-likeness (QED) is 0.606. The molecule has 0 saturated heterocycles. The van der Waals surface area contributed by atoms with Crippen LogP contribution in [0.4, 0.5) is 0 Å². The molecule has 0 aliphatic rings. The molecule has 0 N–H and O–H groups in total. The Bertz CT molecular complexity index is 206. The lowest BCUT2D eigenvalue weighted by atomic mass is 10.1. The summed E-state index contributed by atoms with van der Waals surface area (Å²) in [6.07, 6.45) is 4.26. The van der Waals surface area contributed by atoms with E-state index in [1.165, 1.54) is 18.4 Å². The number of rotatable bonds is 2. The van der Waals surface area contributed by atoms with Crippen molar-refractivity contribution < 1.29 is 0 Å². The third-order valence-electron chi connectivity index (χ3n) is 1.50. The van der Waals surface area contributed by atoms with E-state index in [1.54, 1.807) is 0 Å². The van der Waals surface area contributed by atoms with Gasteiger partial charge in [0.25, 0.3) is 0 Å². The van der Waals surface area contributed by atoms with Gasteiger partial charge in [0.15, 0.2) is 0 Å². The first-order valence-corrected chi connectivity index (χ1v) is 3.74. The minimum atomic E-state index is 1.12. The monoisotopic (exact) mass is 135 g/mol. The van der Waals surface area contributed by atoms with Crippen molar-refractivity contribution in [2.24, 2.45) is 0 Å². The Morgan fingerprint density at radius 3 is 2.90 bits per heavy atom. The molecule has 1 aromatic rings. The van der Waals surface area contributed by atoms with Gasteiger partial charge in [0.2, 0.25) is 0 Å². The summed E-state index contributed by atoms with van der Waals surface area (Å²) >= 11 is 0. The standard InChI is InChI=1S/C9H13N/c1-3-4-9-5-6-10-8(2)7-9/h5-7H,3-4H2,1-2H3. The molecule has 0 saturated carbocycles. The van der Waals surface area contributed by atoms with Gasteiger partial charge in [-0.2, -0.15) is 0 Å². The molecule has 1 heteroatoms. The van der Waals surface area contributed by atoms with Gasteiger partial charge in [-0.3, -0.25) is 4.98 Å². The van der Waals surface area contributed by atoms with E-state index in [0.717, 1.165) is 5.69 Å². The lowest BCUT2D eigenvalue weighted by molar-refractivity contribution is 0.914. The van der Waals surface area contributed by atoms with Crippen molar-refractivity contribution in [1.29, 1.82) is 0 Å². The van der Waals surface area contributed by atoms with Gasteiger partial charge in [-0.15, -0.1) is 0 Å². The van der Waals surface area contributed by atoms with Crippen molar-refractivity contribution >= 4 is 0 Å². The van der Waals surface area contributed by atoms with E-state index in [0.29, 0.717) is 0 Å². The van der Waals surface area contributed by atoms with Gasteiger partial charge >= 0.3 is 0 Å². The van der Waals surface area contributed by atoms with Gasteiger partial charge in [-0.05, 0) is 31.0 Å². The molecule has 0 aromatic carbocycles. The second kappa shape index (κ2) is 3.35. The molecular formula is C9H13N. The number of hydrogen-bond donors (Lipinski definition) is 0. The van der Waals surface area contributed by atoms with Gasteiger partial charge in [-0.1, -0.05) is 13.3 Å². The molecule has 0 bridgehead atoms. The Hall–Kier alpha value is -0.850. The molecule has 0 fully saturated rings. The van der Waals surface area contributed by atoms with Crippen molar-refractivity contribution in [3.63, 3.8) is 0 Å². The minimum absolute atomic E-state index is 1.12. The van der Waals surface area contributed by atoms with Crippen LogP contribution in [0.2, 0.25) is 0 Å². The van der Waals surface area contributed by atoms with Crippen molar-refractivity contribution in [3.8, 4) is 0 Å². The van der Waals surface area contributed by atoms with Crippen LogP contribution in [-0.4, -0.2) is 4.98 Å². The average Bonchev–Trinajstić information content (AvgIpc) is 1.88. The molecule has 10 heavy (non-hydrogen) atoms. The molecule has 0 aliphatic carbocycles. The summed E-state index contributed by atoms with van der Waals surface area (Å²) in [6, 6.07) is 4.22. The zero-order chi connectivity index (χ0) is 7.40. The first-order chi connectivity index (χ1) is 4.83. The van der Waals surface area contributed by atoms with E-state index in [9.17, 15) is 0 Å². The predicted molar refractivity (Wildman–Crippen MR) is 43.0 cm³/mol. The van der Waals surface area contributed by atoms with Crippen LogP contribution < -0.4 is 0 Å². The molecule has 1 aromatic heterocycles. The molecule has 0 amide bonds. The van der Waals surface area contributed by atoms with Crippen LogP contribution in [0.15, 0.2) is 18.3 Å². The third-order valence-corrected chi connectivity index (χ3v) is 1.50. The Kier molecular flexibility index (Phi) is 2.43. The van der Waals surface area contributed by atoms with Crippen molar-refractivity contribution in [1.82, 2.24) is 4.98 Å². The fourth-order valence-corrected chi connectivity index (χ4v) is 1.05. The second-order valence-electron chi connectivity index (χ2n) is 2.56. The van der Waals surface area contributed by atoms with Gasteiger partial charge < -0.3 is 0 Å². The highest BCUT2D eigenvalue weighted by Gasteiger charge is 1.89. The highest BCUT2D eigenvalue weighted by Crippen LogP contribution is 2.02. The topological polar surface area (TPSA) is 12.9 Å². The van der Waals surface area contributed by atoms with E-state index in [1.807, 2.05) is 13.1 Å². The SMILES string of the molecule is CCCc1ccnc(C)c1. The van der Waals surface area contributed by atoms with Gasteiger partial charge in [0, 0.05) is 11.9 Å². The van der Waals surface area contributed by atoms with Gasteiger partial charge in [0.1, 0.15) is 0 Å². The highest BCUT2D eigenvalue weighted by atomic mass is 14.6. The van der Waals surface area contributed by atoms with E-state index in [4.69, 9.17) is 0 Å². The molecule has 1 heterocycles. The van der Waals surface area contributed by atoms with E-state index in [-0.39, 0.29) is 0 Å². The third kappa shape index (κ3) is 1.83. The molecule has 0 radical (unpaired) electrons.